The number of hydrogen-bond acceptors (Lipinski definition) is 4. The van der Waals surface area contributed by atoms with E-state index in [1.165, 1.54) is 24.3 Å². The second-order valence-corrected chi connectivity index (χ2v) is 8.28. The van der Waals surface area contributed by atoms with Crippen molar-refractivity contribution >= 4 is 23.4 Å². The van der Waals surface area contributed by atoms with E-state index in [0.29, 0.717) is 11.5 Å². The van der Waals surface area contributed by atoms with Gasteiger partial charge in [0, 0.05) is 7.11 Å². The van der Waals surface area contributed by atoms with Crippen LogP contribution in [0, 0.1) is 11.8 Å². The minimum Gasteiger partial charge on any atom is -0.478 e. The van der Waals surface area contributed by atoms with Crippen LogP contribution in [0.3, 0.4) is 0 Å². The topological polar surface area (TPSA) is 87.7 Å². The van der Waals surface area contributed by atoms with Crippen molar-refractivity contribution < 1.29 is 79.5 Å². The number of aromatic carboxylic acids is 1. The van der Waals surface area contributed by atoms with Crippen LogP contribution >= 0.6 is 11.6 Å². The Bertz CT molecular complexity index is 1240. The Kier molecular flexibility index (Phi) is 11.4. The molecule has 1 aromatic heterocycles. The molecule has 0 aliphatic carbocycles. The summed E-state index contributed by atoms with van der Waals surface area (Å²) in [5, 5.41) is 13.9. The van der Waals surface area contributed by atoms with Gasteiger partial charge in [-0.15, -0.1) is 0 Å². The quantitative estimate of drug-likeness (QED) is 0.332. The number of carbonyl (C=O) groups is 1. The van der Waals surface area contributed by atoms with Gasteiger partial charge < -0.3 is 24.5 Å². The molecule has 0 amide bonds. The standard InChI is InChI=1S/C25H23ClF2N3O4.K/c1-25(2,34-3)13-12-20-21(29-14-16-4-8-18(9-5-16)22(32)33)31(23(26)30-20)15-17-6-10-19(11-7-17)35-24(27)28;/h4-11,24H,14-15H2,1-3H3,(H,32,33);/q-1;+1. The first-order chi connectivity index (χ1) is 16.6. The Balaban J connectivity index is 0.00000456. The number of alkyl halides is 2. The van der Waals surface area contributed by atoms with Gasteiger partial charge in [-0.05, 0) is 74.1 Å². The molecule has 36 heavy (non-hydrogen) atoms. The van der Waals surface area contributed by atoms with Crippen molar-refractivity contribution in [2.75, 3.05) is 7.11 Å². The van der Waals surface area contributed by atoms with Crippen LogP contribution in [-0.2, 0) is 17.8 Å². The van der Waals surface area contributed by atoms with E-state index >= 15 is 0 Å². The number of benzene rings is 2. The Labute approximate surface area is 255 Å². The summed E-state index contributed by atoms with van der Waals surface area (Å²) >= 11 is 6.43. The monoisotopic (exact) mass is 541 g/mol. The van der Waals surface area contributed by atoms with Gasteiger partial charge in [0.05, 0.1) is 5.56 Å². The fourth-order valence-electron chi connectivity index (χ4n) is 2.94. The summed E-state index contributed by atoms with van der Waals surface area (Å²) in [7, 11) is 1.55. The normalized spacial score (nSPS) is 10.9. The molecule has 11 heteroatoms. The molecule has 3 aromatic rings. The van der Waals surface area contributed by atoms with Gasteiger partial charge in [0.25, 0.3) is 0 Å². The van der Waals surface area contributed by atoms with Crippen LogP contribution in [0.4, 0.5) is 14.6 Å². The minimum atomic E-state index is -2.91. The molecule has 1 N–H and O–H groups in total. The van der Waals surface area contributed by atoms with Gasteiger partial charge in [0.15, 0.2) is 0 Å². The maximum atomic E-state index is 12.4. The van der Waals surface area contributed by atoms with Crippen LogP contribution in [-0.4, -0.2) is 39.9 Å². The molecule has 0 unspecified atom stereocenters. The smallest absolute Gasteiger partial charge is 0.478 e. The molecule has 3 rings (SSSR count). The maximum Gasteiger partial charge on any atom is 1.00 e. The Morgan fingerprint density at radius 1 is 1.17 bits per heavy atom. The van der Waals surface area contributed by atoms with E-state index in [0.717, 1.165) is 11.1 Å². The van der Waals surface area contributed by atoms with E-state index in [1.807, 2.05) is 13.8 Å². The van der Waals surface area contributed by atoms with Crippen molar-refractivity contribution in [3.63, 3.8) is 0 Å². The summed E-state index contributed by atoms with van der Waals surface area (Å²) in [5.41, 5.74) is 1.34. The van der Waals surface area contributed by atoms with E-state index in [9.17, 15) is 13.6 Å². The first-order valence-electron chi connectivity index (χ1n) is 10.5. The summed E-state index contributed by atoms with van der Waals surface area (Å²) < 4.78 is 36.2. The van der Waals surface area contributed by atoms with Crippen molar-refractivity contribution in [3.05, 3.63) is 81.5 Å². The van der Waals surface area contributed by atoms with E-state index in [2.05, 4.69) is 26.9 Å². The molecule has 0 atom stereocenters. The Morgan fingerprint density at radius 3 is 2.33 bits per heavy atom. The summed E-state index contributed by atoms with van der Waals surface area (Å²) in [6, 6.07) is 12.5. The van der Waals surface area contributed by atoms with Crippen LogP contribution < -0.4 is 56.1 Å². The second-order valence-electron chi connectivity index (χ2n) is 7.94. The average Bonchev–Trinajstić information content (AvgIpc) is 3.11. The first kappa shape index (κ1) is 30.3. The SMILES string of the molecule is COC(C)(C)C#Cc1nc(Cl)n(Cc2ccc(OC(F)F)cc2)c1[N-]Cc1ccc(C(=O)O)cc1.[K+]. The predicted octanol–water partition coefficient (Wildman–Crippen LogP) is 2.87. The summed E-state index contributed by atoms with van der Waals surface area (Å²) in [4.78, 5) is 15.4. The molecule has 0 aliphatic heterocycles. The Morgan fingerprint density at radius 2 is 1.78 bits per heavy atom. The number of rotatable bonds is 9. The fraction of sp³-hybridized carbons (Fsp3) is 0.280. The molecule has 7 nitrogen and oxygen atoms in total. The Hall–Kier alpha value is -1.97. The van der Waals surface area contributed by atoms with Crippen molar-refractivity contribution in [2.24, 2.45) is 0 Å². The molecule has 0 bridgehead atoms. The summed E-state index contributed by atoms with van der Waals surface area (Å²) in [6.45, 7) is 1.19. The van der Waals surface area contributed by atoms with Gasteiger partial charge in [0.1, 0.15) is 22.3 Å². The van der Waals surface area contributed by atoms with Crippen LogP contribution in [0.1, 0.15) is 41.0 Å². The zero-order chi connectivity index (χ0) is 25.6. The molecular formula is C25H23ClF2KN3O4. The number of hydrogen-bond donors (Lipinski definition) is 1. The van der Waals surface area contributed by atoms with Gasteiger partial charge in [-0.1, -0.05) is 41.8 Å². The van der Waals surface area contributed by atoms with Gasteiger partial charge in [-0.3, -0.25) is 0 Å². The summed E-state index contributed by atoms with van der Waals surface area (Å²) in [6.07, 6.45) is 0. The fourth-order valence-corrected chi connectivity index (χ4v) is 3.16. The number of carboxylic acid groups (broad SMARTS) is 1. The van der Waals surface area contributed by atoms with Gasteiger partial charge in [-0.2, -0.15) is 8.78 Å². The molecule has 0 saturated carbocycles. The molecule has 0 saturated heterocycles. The number of imidazole rings is 1. The van der Waals surface area contributed by atoms with Crippen molar-refractivity contribution in [1.82, 2.24) is 9.55 Å². The third kappa shape index (κ3) is 8.56. The molecule has 0 radical (unpaired) electrons. The molecule has 1 heterocycles. The van der Waals surface area contributed by atoms with E-state index < -0.39 is 18.2 Å². The van der Waals surface area contributed by atoms with Gasteiger partial charge >= 0.3 is 64.0 Å². The third-order valence-electron chi connectivity index (χ3n) is 4.99. The number of halogens is 3. The number of nitrogens with zero attached hydrogens (tertiary/aromatic N) is 3. The summed E-state index contributed by atoms with van der Waals surface area (Å²) in [5.74, 6) is 5.42. The molecule has 2 aromatic carbocycles. The van der Waals surface area contributed by atoms with Crippen LogP contribution in [0.2, 0.25) is 5.28 Å². The van der Waals surface area contributed by atoms with Gasteiger partial charge in [0.2, 0.25) is 0 Å². The zero-order valence-corrected chi connectivity index (χ0v) is 24.1. The van der Waals surface area contributed by atoms with Crippen LogP contribution in [0.25, 0.3) is 5.32 Å². The van der Waals surface area contributed by atoms with Crippen LogP contribution in [0.15, 0.2) is 48.5 Å². The molecule has 0 fully saturated rings. The molecule has 0 aliphatic rings. The van der Waals surface area contributed by atoms with Crippen molar-refractivity contribution in [2.45, 2.75) is 39.1 Å². The van der Waals surface area contributed by atoms with Crippen LogP contribution in [0.5, 0.6) is 5.75 Å². The van der Waals surface area contributed by atoms with E-state index in [-0.39, 0.29) is 81.1 Å². The van der Waals surface area contributed by atoms with E-state index in [4.69, 9.17) is 21.4 Å². The predicted molar refractivity (Wildman–Crippen MR) is 128 cm³/mol. The maximum absolute atomic E-state index is 12.4. The number of carboxylic acids is 1. The van der Waals surface area contributed by atoms with Crippen molar-refractivity contribution in [3.8, 4) is 17.6 Å². The van der Waals surface area contributed by atoms with Crippen molar-refractivity contribution in [1.29, 1.82) is 0 Å². The molecule has 0 spiro atoms. The van der Waals surface area contributed by atoms with Gasteiger partial charge in [-0.25, -0.2) is 9.78 Å². The second kappa shape index (κ2) is 13.5. The number of aromatic nitrogens is 2. The molecule has 184 valence electrons. The van der Waals surface area contributed by atoms with E-state index in [1.54, 1.807) is 35.9 Å². The average molecular weight is 542 g/mol. The number of methoxy groups -OCH3 is 1. The first-order valence-corrected chi connectivity index (χ1v) is 10.8. The molecular weight excluding hydrogens is 519 g/mol. The number of ether oxygens (including phenoxy) is 2. The minimum absolute atomic E-state index is 0. The third-order valence-corrected chi connectivity index (χ3v) is 5.28. The zero-order valence-electron chi connectivity index (χ0n) is 20.3. The largest absolute Gasteiger partial charge is 1.00 e.